The van der Waals surface area contributed by atoms with Crippen LogP contribution in [0.15, 0.2) is 36.4 Å². The summed E-state index contributed by atoms with van der Waals surface area (Å²) in [4.78, 5) is 25.1. The van der Waals surface area contributed by atoms with E-state index >= 15 is 0 Å². The average molecular weight is 531 g/mol. The van der Waals surface area contributed by atoms with Gasteiger partial charge >= 0.3 is 11.9 Å². The van der Waals surface area contributed by atoms with E-state index in [-0.39, 0.29) is 40.7 Å². The van der Waals surface area contributed by atoms with E-state index < -0.39 is 18.0 Å². The fourth-order valence-corrected chi connectivity index (χ4v) is 4.23. The van der Waals surface area contributed by atoms with Crippen molar-refractivity contribution in [2.24, 2.45) is 0 Å². The van der Waals surface area contributed by atoms with E-state index in [9.17, 15) is 30.0 Å². The number of aromatic hydroxyl groups is 4. The highest BCUT2D eigenvalue weighted by molar-refractivity contribution is 5.93. The van der Waals surface area contributed by atoms with Crippen molar-refractivity contribution in [3.63, 3.8) is 0 Å². The van der Waals surface area contributed by atoms with Crippen molar-refractivity contribution in [2.75, 3.05) is 6.61 Å². The Morgan fingerprint density at radius 3 is 1.61 bits per heavy atom. The molecule has 8 heteroatoms. The number of ether oxygens (including phenoxy) is 2. The molecule has 0 amide bonds. The number of rotatable bonds is 18. The van der Waals surface area contributed by atoms with Crippen LogP contribution in [0.5, 0.6) is 23.0 Å². The van der Waals surface area contributed by atoms with Crippen LogP contribution in [0.4, 0.5) is 0 Å². The van der Waals surface area contributed by atoms with Crippen LogP contribution in [-0.2, 0) is 9.47 Å². The molecule has 0 saturated heterocycles. The third kappa shape index (κ3) is 11.3. The van der Waals surface area contributed by atoms with E-state index in [0.717, 1.165) is 37.8 Å². The van der Waals surface area contributed by atoms with Gasteiger partial charge in [-0.05, 0) is 49.2 Å². The first-order valence-electron chi connectivity index (χ1n) is 13.7. The van der Waals surface area contributed by atoms with Crippen molar-refractivity contribution >= 4 is 11.9 Å². The Hall–Kier alpha value is -3.42. The summed E-state index contributed by atoms with van der Waals surface area (Å²) in [7, 11) is 0. The molecular formula is C30H42O8. The standard InChI is InChI=1S/C30H42O8/c1-2-3-4-5-6-7-8-9-10-11-12-13-14-24(38-30(36)26-20-23(32)16-18-28(26)34)21-37-29(35)25-19-22(31)15-17-27(25)33/h15-20,24,31-34H,2-14,21H2,1H3. The minimum Gasteiger partial charge on any atom is -0.508 e. The summed E-state index contributed by atoms with van der Waals surface area (Å²) in [6.45, 7) is 1.96. The summed E-state index contributed by atoms with van der Waals surface area (Å²) < 4.78 is 10.8. The molecule has 0 radical (unpaired) electrons. The van der Waals surface area contributed by atoms with Crippen LogP contribution < -0.4 is 0 Å². The van der Waals surface area contributed by atoms with Crippen molar-refractivity contribution in [3.8, 4) is 23.0 Å². The molecule has 1 atom stereocenters. The molecule has 0 aliphatic heterocycles. The fraction of sp³-hybridized carbons (Fsp3) is 0.533. The lowest BCUT2D eigenvalue weighted by molar-refractivity contribution is -0.00376. The molecule has 0 bridgehead atoms. The highest BCUT2D eigenvalue weighted by atomic mass is 16.6. The second-order valence-corrected chi connectivity index (χ2v) is 9.71. The van der Waals surface area contributed by atoms with Gasteiger partial charge in [0.1, 0.15) is 46.8 Å². The second kappa shape index (κ2) is 17.2. The topological polar surface area (TPSA) is 134 Å². The maximum Gasteiger partial charge on any atom is 0.342 e. The maximum atomic E-state index is 12.7. The van der Waals surface area contributed by atoms with Crippen LogP contribution in [0.2, 0.25) is 0 Å². The number of carbonyl (C=O) groups is 2. The number of phenols is 4. The molecule has 0 saturated carbocycles. The van der Waals surface area contributed by atoms with Gasteiger partial charge in [0.2, 0.25) is 0 Å². The van der Waals surface area contributed by atoms with Gasteiger partial charge in [-0.2, -0.15) is 0 Å². The van der Waals surface area contributed by atoms with Gasteiger partial charge < -0.3 is 29.9 Å². The van der Waals surface area contributed by atoms with Crippen LogP contribution in [-0.4, -0.2) is 45.1 Å². The molecule has 8 nitrogen and oxygen atoms in total. The SMILES string of the molecule is CCCCCCCCCCCCCCC(COC(=O)c1cc(O)ccc1O)OC(=O)c1cc(O)ccc1O. The molecule has 2 aromatic carbocycles. The van der Waals surface area contributed by atoms with E-state index in [2.05, 4.69) is 6.92 Å². The molecule has 0 aliphatic carbocycles. The minimum absolute atomic E-state index is 0.193. The third-order valence-electron chi connectivity index (χ3n) is 6.45. The van der Waals surface area contributed by atoms with E-state index in [0.29, 0.717) is 6.42 Å². The minimum atomic E-state index is -0.866. The molecule has 2 rings (SSSR count). The quantitative estimate of drug-likeness (QED) is 0.0921. The number of phenolic OH excluding ortho intramolecular Hbond substituents is 4. The van der Waals surface area contributed by atoms with E-state index in [1.165, 1.54) is 75.6 Å². The first kappa shape index (κ1) is 30.8. The van der Waals surface area contributed by atoms with Crippen molar-refractivity contribution in [1.82, 2.24) is 0 Å². The summed E-state index contributed by atoms with van der Waals surface area (Å²) in [6, 6.07) is 7.06. The molecule has 1 unspecified atom stereocenters. The van der Waals surface area contributed by atoms with E-state index in [1.54, 1.807) is 0 Å². The number of unbranched alkanes of at least 4 members (excludes halogenated alkanes) is 11. The molecule has 0 aliphatic rings. The average Bonchev–Trinajstić information content (AvgIpc) is 2.90. The Kier molecular flexibility index (Phi) is 13.9. The van der Waals surface area contributed by atoms with Crippen molar-refractivity contribution in [2.45, 2.75) is 96.5 Å². The number of esters is 2. The Morgan fingerprint density at radius 1 is 0.658 bits per heavy atom. The molecule has 38 heavy (non-hydrogen) atoms. The fourth-order valence-electron chi connectivity index (χ4n) is 4.23. The van der Waals surface area contributed by atoms with Gasteiger partial charge in [-0.15, -0.1) is 0 Å². The van der Waals surface area contributed by atoms with Gasteiger partial charge in [0, 0.05) is 0 Å². The molecule has 4 N–H and O–H groups in total. The van der Waals surface area contributed by atoms with Crippen LogP contribution in [0.3, 0.4) is 0 Å². The highest BCUT2D eigenvalue weighted by Gasteiger charge is 2.22. The lowest BCUT2D eigenvalue weighted by Crippen LogP contribution is -2.25. The van der Waals surface area contributed by atoms with Gasteiger partial charge in [0.05, 0.1) is 0 Å². The Balaban J connectivity index is 1.83. The van der Waals surface area contributed by atoms with Crippen molar-refractivity contribution < 1.29 is 39.5 Å². The summed E-state index contributed by atoms with van der Waals surface area (Å²) in [5, 5.41) is 39.1. The molecule has 0 fully saturated rings. The van der Waals surface area contributed by atoms with Crippen LogP contribution in [0.25, 0.3) is 0 Å². The lowest BCUT2D eigenvalue weighted by atomic mass is 10.0. The normalized spacial score (nSPS) is 11.7. The van der Waals surface area contributed by atoms with Crippen LogP contribution in [0.1, 0.15) is 111 Å². The Morgan fingerprint density at radius 2 is 1.11 bits per heavy atom. The van der Waals surface area contributed by atoms with Gasteiger partial charge in [-0.3, -0.25) is 0 Å². The smallest absolute Gasteiger partial charge is 0.342 e. The van der Waals surface area contributed by atoms with E-state index in [1.807, 2.05) is 0 Å². The lowest BCUT2D eigenvalue weighted by Gasteiger charge is -2.19. The molecule has 2 aromatic rings. The first-order chi connectivity index (χ1) is 18.3. The van der Waals surface area contributed by atoms with Gasteiger partial charge in [-0.1, -0.05) is 77.6 Å². The zero-order chi connectivity index (χ0) is 27.8. The third-order valence-corrected chi connectivity index (χ3v) is 6.45. The van der Waals surface area contributed by atoms with Gasteiger partial charge in [0.25, 0.3) is 0 Å². The molecule has 0 spiro atoms. The number of hydrogen-bond acceptors (Lipinski definition) is 8. The van der Waals surface area contributed by atoms with E-state index in [4.69, 9.17) is 9.47 Å². The van der Waals surface area contributed by atoms with Crippen molar-refractivity contribution in [3.05, 3.63) is 47.5 Å². The zero-order valence-electron chi connectivity index (χ0n) is 22.4. The zero-order valence-corrected chi connectivity index (χ0v) is 22.4. The summed E-state index contributed by atoms with van der Waals surface area (Å²) in [5.41, 5.74) is -0.396. The predicted octanol–water partition coefficient (Wildman–Crippen LogP) is 6.98. The predicted molar refractivity (Wildman–Crippen MR) is 145 cm³/mol. The van der Waals surface area contributed by atoms with Gasteiger partial charge in [-0.25, -0.2) is 9.59 Å². The van der Waals surface area contributed by atoms with Gasteiger partial charge in [0.15, 0.2) is 0 Å². The van der Waals surface area contributed by atoms with Crippen LogP contribution >= 0.6 is 0 Å². The number of carbonyl (C=O) groups excluding carboxylic acids is 2. The number of benzene rings is 2. The first-order valence-corrected chi connectivity index (χ1v) is 13.7. The summed E-state index contributed by atoms with van der Waals surface area (Å²) in [6.07, 6.45) is 13.8. The monoisotopic (exact) mass is 530 g/mol. The number of hydrogen-bond donors (Lipinski definition) is 4. The highest BCUT2D eigenvalue weighted by Crippen LogP contribution is 2.25. The second-order valence-electron chi connectivity index (χ2n) is 9.71. The largest absolute Gasteiger partial charge is 0.508 e. The molecular weight excluding hydrogens is 488 g/mol. The Bertz CT molecular complexity index is 1000. The molecule has 0 heterocycles. The summed E-state index contributed by atoms with van der Waals surface area (Å²) >= 11 is 0. The Labute approximate surface area is 225 Å². The molecule has 0 aromatic heterocycles. The summed E-state index contributed by atoms with van der Waals surface area (Å²) in [5.74, 6) is -2.79. The van der Waals surface area contributed by atoms with Crippen LogP contribution in [0, 0.1) is 0 Å². The molecule has 210 valence electrons. The van der Waals surface area contributed by atoms with Crippen molar-refractivity contribution in [1.29, 1.82) is 0 Å². The maximum absolute atomic E-state index is 12.7.